The van der Waals surface area contributed by atoms with Crippen molar-refractivity contribution in [1.29, 1.82) is 0 Å². The van der Waals surface area contributed by atoms with Gasteiger partial charge in [-0.1, -0.05) is 50.2 Å². The molecule has 0 N–H and O–H groups in total. The largest absolute Gasteiger partial charge is 0.494 e. The zero-order valence-corrected chi connectivity index (χ0v) is 14.9. The van der Waals surface area contributed by atoms with Crippen LogP contribution < -0.4 is 5.46 Å². The molecule has 3 rings (SSSR count). The molecule has 0 radical (unpaired) electrons. The smallest absolute Gasteiger partial charge is 0.399 e. The van der Waals surface area contributed by atoms with Gasteiger partial charge in [-0.15, -0.1) is 0 Å². The number of aryl methyl sites for hydroxylation is 1. The molecule has 0 unspecified atom stereocenters. The van der Waals surface area contributed by atoms with Crippen LogP contribution >= 0.6 is 0 Å². The van der Waals surface area contributed by atoms with Crippen molar-refractivity contribution in [2.75, 3.05) is 0 Å². The van der Waals surface area contributed by atoms with Crippen LogP contribution in [-0.2, 0) is 9.31 Å². The summed E-state index contributed by atoms with van der Waals surface area (Å²) in [5, 5.41) is 2.52. The number of hydrogen-bond donors (Lipinski definition) is 0. The van der Waals surface area contributed by atoms with Crippen molar-refractivity contribution in [3.63, 3.8) is 0 Å². The molecule has 0 atom stereocenters. The number of benzene rings is 2. The molecule has 1 fully saturated rings. The molecule has 1 aliphatic heterocycles. The van der Waals surface area contributed by atoms with Crippen molar-refractivity contribution >= 4 is 23.4 Å². The highest BCUT2D eigenvalue weighted by Crippen LogP contribution is 2.36. The van der Waals surface area contributed by atoms with Gasteiger partial charge in [0.1, 0.15) is 0 Å². The van der Waals surface area contributed by atoms with E-state index < -0.39 is 0 Å². The molecular formula is C19H27BO2. The van der Waals surface area contributed by atoms with Crippen LogP contribution in [0.5, 0.6) is 0 Å². The third-order valence-corrected chi connectivity index (χ3v) is 4.62. The molecule has 118 valence electrons. The molecule has 3 heteroatoms. The first-order valence-electron chi connectivity index (χ1n) is 8.15. The van der Waals surface area contributed by atoms with Gasteiger partial charge in [0.15, 0.2) is 0 Å². The molecule has 0 aliphatic carbocycles. The first kappa shape index (κ1) is 17.0. The van der Waals surface area contributed by atoms with Gasteiger partial charge in [0.25, 0.3) is 0 Å². The van der Waals surface area contributed by atoms with Crippen LogP contribution in [-0.4, -0.2) is 18.3 Å². The van der Waals surface area contributed by atoms with Gasteiger partial charge >= 0.3 is 7.12 Å². The third kappa shape index (κ3) is 2.93. The van der Waals surface area contributed by atoms with E-state index in [0.29, 0.717) is 0 Å². The predicted octanol–water partition coefficient (Wildman–Crippen LogP) is 4.47. The van der Waals surface area contributed by atoms with Gasteiger partial charge in [-0.2, -0.15) is 0 Å². The van der Waals surface area contributed by atoms with E-state index in [0.717, 1.165) is 5.46 Å². The Balaban J connectivity index is 0.000000847. The maximum atomic E-state index is 6.13. The molecule has 0 amide bonds. The first-order valence-corrected chi connectivity index (χ1v) is 8.15. The lowest BCUT2D eigenvalue weighted by molar-refractivity contribution is 0.00578. The van der Waals surface area contributed by atoms with Crippen molar-refractivity contribution in [3.05, 3.63) is 42.0 Å². The highest BCUT2D eigenvalue weighted by molar-refractivity contribution is 6.62. The molecule has 2 aromatic carbocycles. The van der Waals surface area contributed by atoms with E-state index >= 15 is 0 Å². The zero-order chi connectivity index (χ0) is 16.5. The van der Waals surface area contributed by atoms with Crippen molar-refractivity contribution in [2.45, 2.75) is 59.7 Å². The molecule has 2 aromatic rings. The van der Waals surface area contributed by atoms with E-state index in [4.69, 9.17) is 9.31 Å². The summed E-state index contributed by atoms with van der Waals surface area (Å²) in [5.74, 6) is 0. The van der Waals surface area contributed by atoms with Crippen molar-refractivity contribution in [3.8, 4) is 0 Å². The summed E-state index contributed by atoms with van der Waals surface area (Å²) >= 11 is 0. The maximum absolute atomic E-state index is 6.13. The Morgan fingerprint density at radius 3 is 2.00 bits per heavy atom. The molecule has 0 spiro atoms. The Bertz CT molecular complexity index is 646. The number of hydrogen-bond acceptors (Lipinski definition) is 2. The van der Waals surface area contributed by atoms with Crippen LogP contribution in [0, 0.1) is 6.92 Å². The average Bonchev–Trinajstić information content (AvgIpc) is 2.70. The molecule has 22 heavy (non-hydrogen) atoms. The quantitative estimate of drug-likeness (QED) is 0.723. The van der Waals surface area contributed by atoms with Crippen LogP contribution in [0.25, 0.3) is 10.8 Å². The number of fused-ring (bicyclic) bond motifs is 1. The van der Waals surface area contributed by atoms with E-state index in [2.05, 4.69) is 71.0 Å². The van der Waals surface area contributed by atoms with Gasteiger partial charge in [-0.05, 0) is 56.4 Å². The van der Waals surface area contributed by atoms with Gasteiger partial charge in [-0.25, -0.2) is 0 Å². The Kier molecular flexibility index (Phi) is 4.69. The summed E-state index contributed by atoms with van der Waals surface area (Å²) in [6.45, 7) is 14.5. The standard InChI is InChI=1S/C17H21BO2.C2H6/c1-12-10-14(11-13-8-6-7-9-15(12)13)18-19-16(2,3)17(4,5)20-18;1-2/h6-11H,1-5H3;1-2H3. The SMILES string of the molecule is CC.Cc1cc(B2OC(C)(C)C(C)(C)O2)cc2ccccc12. The fourth-order valence-electron chi connectivity index (χ4n) is 2.65. The fourth-order valence-corrected chi connectivity index (χ4v) is 2.65. The Hall–Kier alpha value is -1.32. The molecule has 0 bridgehead atoms. The fraction of sp³-hybridized carbons (Fsp3) is 0.474. The van der Waals surface area contributed by atoms with Crippen molar-refractivity contribution in [2.24, 2.45) is 0 Å². The third-order valence-electron chi connectivity index (χ3n) is 4.62. The second kappa shape index (κ2) is 6.06. The summed E-state index contributed by atoms with van der Waals surface area (Å²) in [7, 11) is -0.289. The molecular weight excluding hydrogens is 271 g/mol. The van der Waals surface area contributed by atoms with E-state index in [1.54, 1.807) is 0 Å². The normalized spacial score (nSPS) is 19.0. The highest BCUT2D eigenvalue weighted by atomic mass is 16.7. The molecule has 0 saturated carbocycles. The van der Waals surface area contributed by atoms with Crippen LogP contribution in [0.3, 0.4) is 0 Å². The average molecular weight is 298 g/mol. The molecule has 1 saturated heterocycles. The minimum atomic E-state index is -0.294. The monoisotopic (exact) mass is 298 g/mol. The van der Waals surface area contributed by atoms with Crippen LogP contribution in [0.15, 0.2) is 36.4 Å². The zero-order valence-electron chi connectivity index (χ0n) is 14.9. The molecule has 2 nitrogen and oxygen atoms in total. The summed E-state index contributed by atoms with van der Waals surface area (Å²) < 4.78 is 12.3. The van der Waals surface area contributed by atoms with E-state index in [1.165, 1.54) is 16.3 Å². The first-order chi connectivity index (χ1) is 10.3. The predicted molar refractivity (Wildman–Crippen MR) is 95.7 cm³/mol. The Morgan fingerprint density at radius 2 is 1.41 bits per heavy atom. The van der Waals surface area contributed by atoms with Gasteiger partial charge in [0.2, 0.25) is 0 Å². The van der Waals surface area contributed by atoms with Crippen molar-refractivity contribution < 1.29 is 9.31 Å². The molecule has 0 aromatic heterocycles. The lowest BCUT2D eigenvalue weighted by Crippen LogP contribution is -2.41. The van der Waals surface area contributed by atoms with E-state index in [9.17, 15) is 0 Å². The maximum Gasteiger partial charge on any atom is 0.494 e. The van der Waals surface area contributed by atoms with E-state index in [1.807, 2.05) is 13.8 Å². The number of rotatable bonds is 1. The van der Waals surface area contributed by atoms with Crippen LogP contribution in [0.1, 0.15) is 47.1 Å². The summed E-state index contributed by atoms with van der Waals surface area (Å²) in [6.07, 6.45) is 0. The second-order valence-electron chi connectivity index (χ2n) is 6.65. The molecule has 1 aliphatic rings. The summed E-state index contributed by atoms with van der Waals surface area (Å²) in [5.41, 5.74) is 1.77. The highest BCUT2D eigenvalue weighted by Gasteiger charge is 2.51. The minimum Gasteiger partial charge on any atom is -0.399 e. The second-order valence-corrected chi connectivity index (χ2v) is 6.65. The van der Waals surface area contributed by atoms with Gasteiger partial charge in [0, 0.05) is 0 Å². The van der Waals surface area contributed by atoms with Gasteiger partial charge in [-0.3, -0.25) is 0 Å². The van der Waals surface area contributed by atoms with Crippen LogP contribution in [0.2, 0.25) is 0 Å². The van der Waals surface area contributed by atoms with Gasteiger partial charge < -0.3 is 9.31 Å². The molecule has 1 heterocycles. The Labute approximate surface area is 135 Å². The summed E-state index contributed by atoms with van der Waals surface area (Å²) in [6, 6.07) is 12.8. The summed E-state index contributed by atoms with van der Waals surface area (Å²) in [4.78, 5) is 0. The topological polar surface area (TPSA) is 18.5 Å². The minimum absolute atomic E-state index is 0.289. The van der Waals surface area contributed by atoms with Crippen molar-refractivity contribution in [1.82, 2.24) is 0 Å². The van der Waals surface area contributed by atoms with Gasteiger partial charge in [0.05, 0.1) is 11.2 Å². The lowest BCUT2D eigenvalue weighted by atomic mass is 9.77. The lowest BCUT2D eigenvalue weighted by Gasteiger charge is -2.32. The van der Waals surface area contributed by atoms with E-state index in [-0.39, 0.29) is 18.3 Å². The Morgan fingerprint density at radius 1 is 0.864 bits per heavy atom. The van der Waals surface area contributed by atoms with Crippen LogP contribution in [0.4, 0.5) is 0 Å².